The van der Waals surface area contributed by atoms with Gasteiger partial charge in [0.15, 0.2) is 0 Å². The predicted molar refractivity (Wildman–Crippen MR) is 81.0 cm³/mol. The summed E-state index contributed by atoms with van der Waals surface area (Å²) in [5.74, 6) is -0.954. The molecule has 2 heterocycles. The number of nitrogens with zero attached hydrogens (tertiary/aromatic N) is 3. The fraction of sp³-hybridized carbons (Fsp3) is 0.375. The number of aliphatic hydroxyl groups excluding tert-OH is 1. The van der Waals surface area contributed by atoms with Gasteiger partial charge in [-0.05, 0) is 31.5 Å². The van der Waals surface area contributed by atoms with Crippen molar-refractivity contribution in [1.29, 1.82) is 0 Å². The Morgan fingerprint density at radius 2 is 2.18 bits per heavy atom. The van der Waals surface area contributed by atoms with E-state index in [0.29, 0.717) is 18.8 Å². The fourth-order valence-electron chi connectivity index (χ4n) is 2.86. The number of β-amino-alcohol motifs (C(OH)–C–C–N with tert-alkyl or cyclic N) is 1. The maximum absolute atomic E-state index is 11.3. The molecule has 0 saturated carbocycles. The van der Waals surface area contributed by atoms with Crippen LogP contribution in [0.15, 0.2) is 36.8 Å². The third kappa shape index (κ3) is 3.18. The Labute approximate surface area is 128 Å². The molecular formula is C16H19N3O3. The van der Waals surface area contributed by atoms with Gasteiger partial charge in [0, 0.05) is 19.3 Å². The topological polar surface area (TPSA) is 78.6 Å². The number of para-hydroxylation sites is 1. The number of aromatic nitrogens is 2. The predicted octanol–water partition coefficient (Wildman–Crippen LogP) is 1.53. The Kier molecular flexibility index (Phi) is 4.22. The zero-order valence-electron chi connectivity index (χ0n) is 12.2. The molecule has 0 radical (unpaired) electrons. The third-order valence-corrected chi connectivity index (χ3v) is 3.91. The number of carboxylic acids is 1. The van der Waals surface area contributed by atoms with Crippen LogP contribution in [-0.4, -0.2) is 49.8 Å². The summed E-state index contributed by atoms with van der Waals surface area (Å²) in [5.41, 5.74) is 1.72. The van der Waals surface area contributed by atoms with E-state index in [-0.39, 0.29) is 11.7 Å². The zero-order valence-corrected chi connectivity index (χ0v) is 12.2. The molecule has 116 valence electrons. The molecule has 1 aliphatic rings. The van der Waals surface area contributed by atoms with Gasteiger partial charge in [0.2, 0.25) is 0 Å². The Hall–Kier alpha value is -2.18. The highest BCUT2D eigenvalue weighted by molar-refractivity contribution is 5.91. The van der Waals surface area contributed by atoms with E-state index in [1.807, 2.05) is 12.3 Å². The van der Waals surface area contributed by atoms with Crippen LogP contribution in [0, 0.1) is 0 Å². The van der Waals surface area contributed by atoms with E-state index in [1.54, 1.807) is 29.1 Å². The maximum Gasteiger partial charge on any atom is 0.337 e. The molecule has 1 fully saturated rings. The normalized spacial score (nSPS) is 19.2. The first-order valence-corrected chi connectivity index (χ1v) is 7.39. The number of hydrogen-bond donors (Lipinski definition) is 2. The first-order valence-electron chi connectivity index (χ1n) is 7.39. The molecule has 2 N–H and O–H groups in total. The summed E-state index contributed by atoms with van der Waals surface area (Å²) in [4.78, 5) is 17.8. The van der Waals surface area contributed by atoms with Crippen molar-refractivity contribution in [1.82, 2.24) is 14.5 Å². The SMILES string of the molecule is O=C(O)c1ccccc1-n1cnc(CN2CCC[C@H](O)C2)c1. The second-order valence-electron chi connectivity index (χ2n) is 5.63. The molecule has 0 unspecified atom stereocenters. The van der Waals surface area contributed by atoms with E-state index < -0.39 is 5.97 Å². The minimum atomic E-state index is -0.954. The summed E-state index contributed by atoms with van der Waals surface area (Å²) in [6.07, 6.45) is 5.07. The van der Waals surface area contributed by atoms with E-state index in [2.05, 4.69) is 9.88 Å². The lowest BCUT2D eigenvalue weighted by Crippen LogP contribution is -2.37. The smallest absolute Gasteiger partial charge is 0.337 e. The molecule has 1 saturated heterocycles. The summed E-state index contributed by atoms with van der Waals surface area (Å²) in [7, 11) is 0. The molecule has 6 heteroatoms. The quantitative estimate of drug-likeness (QED) is 0.895. The molecule has 0 aliphatic carbocycles. The number of carboxylic acid groups (broad SMARTS) is 1. The van der Waals surface area contributed by atoms with Crippen LogP contribution in [0.25, 0.3) is 5.69 Å². The highest BCUT2D eigenvalue weighted by atomic mass is 16.4. The van der Waals surface area contributed by atoms with Gasteiger partial charge in [0.05, 0.1) is 29.4 Å². The van der Waals surface area contributed by atoms with Crippen molar-refractivity contribution >= 4 is 5.97 Å². The van der Waals surface area contributed by atoms with Gasteiger partial charge in [-0.15, -0.1) is 0 Å². The second-order valence-corrected chi connectivity index (χ2v) is 5.63. The van der Waals surface area contributed by atoms with E-state index in [0.717, 1.165) is 25.1 Å². The maximum atomic E-state index is 11.3. The lowest BCUT2D eigenvalue weighted by molar-refractivity contribution is 0.0661. The Balaban J connectivity index is 1.78. The molecule has 0 amide bonds. The van der Waals surface area contributed by atoms with Crippen molar-refractivity contribution in [2.24, 2.45) is 0 Å². The first kappa shape index (κ1) is 14.7. The number of aromatic carboxylic acids is 1. The Morgan fingerprint density at radius 1 is 1.36 bits per heavy atom. The summed E-state index contributed by atoms with van der Waals surface area (Å²) in [6, 6.07) is 6.86. The molecule has 1 aromatic heterocycles. The lowest BCUT2D eigenvalue weighted by Gasteiger charge is -2.29. The summed E-state index contributed by atoms with van der Waals surface area (Å²) >= 11 is 0. The largest absolute Gasteiger partial charge is 0.478 e. The molecule has 0 bridgehead atoms. The second kappa shape index (κ2) is 6.29. The average Bonchev–Trinajstić information content (AvgIpc) is 2.95. The van der Waals surface area contributed by atoms with Gasteiger partial charge in [0.25, 0.3) is 0 Å². The minimum absolute atomic E-state index is 0.250. The first-order chi connectivity index (χ1) is 10.6. The van der Waals surface area contributed by atoms with Gasteiger partial charge in [-0.2, -0.15) is 0 Å². The number of carbonyl (C=O) groups is 1. The van der Waals surface area contributed by atoms with Crippen LogP contribution < -0.4 is 0 Å². The van der Waals surface area contributed by atoms with Crippen molar-refractivity contribution in [2.45, 2.75) is 25.5 Å². The molecule has 1 aliphatic heterocycles. The fourth-order valence-corrected chi connectivity index (χ4v) is 2.86. The number of aliphatic hydroxyl groups is 1. The van der Waals surface area contributed by atoms with Crippen LogP contribution in [0.2, 0.25) is 0 Å². The van der Waals surface area contributed by atoms with Crippen molar-refractivity contribution in [3.63, 3.8) is 0 Å². The van der Waals surface area contributed by atoms with Gasteiger partial charge in [0.1, 0.15) is 0 Å². The minimum Gasteiger partial charge on any atom is -0.478 e. The number of hydrogen-bond acceptors (Lipinski definition) is 4. The van der Waals surface area contributed by atoms with Gasteiger partial charge >= 0.3 is 5.97 Å². The monoisotopic (exact) mass is 301 g/mol. The van der Waals surface area contributed by atoms with Crippen LogP contribution in [0.4, 0.5) is 0 Å². The van der Waals surface area contributed by atoms with Gasteiger partial charge in [-0.25, -0.2) is 9.78 Å². The lowest BCUT2D eigenvalue weighted by atomic mass is 10.1. The van der Waals surface area contributed by atoms with E-state index >= 15 is 0 Å². The van der Waals surface area contributed by atoms with Crippen molar-refractivity contribution in [3.05, 3.63) is 48.0 Å². The van der Waals surface area contributed by atoms with E-state index in [4.69, 9.17) is 0 Å². The van der Waals surface area contributed by atoms with Crippen LogP contribution in [0.3, 0.4) is 0 Å². The molecule has 6 nitrogen and oxygen atoms in total. The molecular weight excluding hydrogens is 282 g/mol. The highest BCUT2D eigenvalue weighted by Crippen LogP contribution is 2.17. The third-order valence-electron chi connectivity index (χ3n) is 3.91. The molecule has 0 spiro atoms. The van der Waals surface area contributed by atoms with Crippen molar-refractivity contribution in [3.8, 4) is 5.69 Å². The standard InChI is InChI=1S/C16H19N3O3/c20-13-4-3-7-18(10-13)8-12-9-19(11-17-12)15-6-2-1-5-14(15)16(21)22/h1-2,5-6,9,11,13,20H,3-4,7-8,10H2,(H,21,22)/t13-/m0/s1. The molecule has 2 aromatic rings. The van der Waals surface area contributed by atoms with Crippen LogP contribution in [-0.2, 0) is 6.54 Å². The average molecular weight is 301 g/mol. The molecule has 3 rings (SSSR count). The summed E-state index contributed by atoms with van der Waals surface area (Å²) in [5, 5.41) is 19.0. The molecule has 22 heavy (non-hydrogen) atoms. The van der Waals surface area contributed by atoms with Crippen LogP contribution in [0.5, 0.6) is 0 Å². The Bertz CT molecular complexity index is 668. The van der Waals surface area contributed by atoms with Gasteiger partial charge in [-0.1, -0.05) is 12.1 Å². The number of piperidine rings is 1. The molecule has 1 atom stereocenters. The summed E-state index contributed by atoms with van der Waals surface area (Å²) in [6.45, 7) is 2.29. The highest BCUT2D eigenvalue weighted by Gasteiger charge is 2.18. The van der Waals surface area contributed by atoms with Crippen molar-refractivity contribution in [2.75, 3.05) is 13.1 Å². The van der Waals surface area contributed by atoms with E-state index in [1.165, 1.54) is 0 Å². The van der Waals surface area contributed by atoms with Gasteiger partial charge in [-0.3, -0.25) is 4.90 Å². The van der Waals surface area contributed by atoms with Crippen LogP contribution >= 0.6 is 0 Å². The summed E-state index contributed by atoms with van der Waals surface area (Å²) < 4.78 is 1.74. The van der Waals surface area contributed by atoms with Crippen molar-refractivity contribution < 1.29 is 15.0 Å². The number of benzene rings is 1. The Morgan fingerprint density at radius 3 is 2.95 bits per heavy atom. The van der Waals surface area contributed by atoms with E-state index in [9.17, 15) is 15.0 Å². The number of rotatable bonds is 4. The molecule has 1 aromatic carbocycles. The van der Waals surface area contributed by atoms with Gasteiger partial charge < -0.3 is 14.8 Å². The zero-order chi connectivity index (χ0) is 15.5. The number of likely N-dealkylation sites (tertiary alicyclic amines) is 1. The number of imidazole rings is 1. The van der Waals surface area contributed by atoms with Crippen LogP contribution in [0.1, 0.15) is 28.9 Å².